The van der Waals surface area contributed by atoms with E-state index in [4.69, 9.17) is 0 Å². The van der Waals surface area contributed by atoms with Gasteiger partial charge in [-0.3, -0.25) is 4.79 Å². The number of nitrogens with zero attached hydrogens (tertiary/aromatic N) is 5. The number of rotatable bonds is 4. The van der Waals surface area contributed by atoms with Crippen molar-refractivity contribution < 1.29 is 0 Å². The Kier molecular flexibility index (Phi) is 3.30. The molecule has 0 aliphatic heterocycles. The van der Waals surface area contributed by atoms with Gasteiger partial charge in [0.1, 0.15) is 10.7 Å². The van der Waals surface area contributed by atoms with Gasteiger partial charge in [-0.1, -0.05) is 5.21 Å². The first kappa shape index (κ1) is 12.5. The van der Waals surface area contributed by atoms with Crippen molar-refractivity contribution in [1.29, 1.82) is 0 Å². The summed E-state index contributed by atoms with van der Waals surface area (Å²) in [6, 6.07) is 3.92. The topological polar surface area (TPSA) is 77.6 Å². The van der Waals surface area contributed by atoms with Crippen LogP contribution in [0.1, 0.15) is 5.69 Å². The summed E-state index contributed by atoms with van der Waals surface area (Å²) in [5.41, 5.74) is 0.573. The maximum Gasteiger partial charge on any atom is 0.293 e. The first-order valence-corrected chi connectivity index (χ1v) is 6.82. The minimum Gasteiger partial charge on any atom is -0.360 e. The third-order valence-corrected chi connectivity index (χ3v) is 3.58. The Hall–Kier alpha value is -2.48. The smallest absolute Gasteiger partial charge is 0.293 e. The van der Waals surface area contributed by atoms with Gasteiger partial charge in [-0.25, -0.2) is 9.67 Å². The summed E-state index contributed by atoms with van der Waals surface area (Å²) in [5.74, 6) is 0.306. The van der Waals surface area contributed by atoms with E-state index in [1.807, 2.05) is 23.7 Å². The second-order valence-electron chi connectivity index (χ2n) is 4.15. The largest absolute Gasteiger partial charge is 0.360 e. The fourth-order valence-corrected chi connectivity index (χ4v) is 2.33. The second-order valence-corrected chi connectivity index (χ2v) is 5.08. The Balaban J connectivity index is 1.73. The van der Waals surface area contributed by atoms with Crippen LogP contribution in [0.4, 0.5) is 5.82 Å². The summed E-state index contributed by atoms with van der Waals surface area (Å²) >= 11 is 1.58. The van der Waals surface area contributed by atoms with Crippen molar-refractivity contribution in [3.8, 4) is 5.00 Å². The van der Waals surface area contributed by atoms with Crippen molar-refractivity contribution in [3.63, 3.8) is 0 Å². The Bertz CT molecular complexity index is 760. The normalized spacial score (nSPS) is 10.7. The second kappa shape index (κ2) is 5.25. The van der Waals surface area contributed by atoms with Gasteiger partial charge >= 0.3 is 0 Å². The van der Waals surface area contributed by atoms with Crippen molar-refractivity contribution in [2.24, 2.45) is 7.05 Å². The van der Waals surface area contributed by atoms with Gasteiger partial charge < -0.3 is 9.88 Å². The molecule has 0 fully saturated rings. The molecule has 0 saturated heterocycles. The Labute approximate surface area is 118 Å². The van der Waals surface area contributed by atoms with Gasteiger partial charge in [-0.05, 0) is 17.5 Å². The van der Waals surface area contributed by atoms with Gasteiger partial charge in [0, 0.05) is 19.4 Å². The van der Waals surface area contributed by atoms with Gasteiger partial charge in [0.2, 0.25) is 0 Å². The molecule has 0 spiro atoms. The summed E-state index contributed by atoms with van der Waals surface area (Å²) in [4.78, 5) is 15.8. The van der Waals surface area contributed by atoms with Crippen molar-refractivity contribution in [2.45, 2.75) is 6.54 Å². The van der Waals surface area contributed by atoms with Gasteiger partial charge in [-0.2, -0.15) is 0 Å². The first-order valence-electron chi connectivity index (χ1n) is 5.94. The first-order chi connectivity index (χ1) is 9.74. The minimum absolute atomic E-state index is 0.168. The molecule has 7 nitrogen and oxygen atoms in total. The van der Waals surface area contributed by atoms with Crippen LogP contribution >= 0.6 is 11.3 Å². The van der Waals surface area contributed by atoms with Crippen LogP contribution in [0.15, 0.2) is 40.9 Å². The summed E-state index contributed by atoms with van der Waals surface area (Å²) in [6.07, 6.45) is 5.01. The Morgan fingerprint density at radius 2 is 2.35 bits per heavy atom. The van der Waals surface area contributed by atoms with Crippen molar-refractivity contribution in [1.82, 2.24) is 24.5 Å². The number of thiophene rings is 1. The minimum atomic E-state index is -0.168. The molecular weight excluding hydrogens is 276 g/mol. The van der Waals surface area contributed by atoms with Gasteiger partial charge in [-0.15, -0.1) is 16.4 Å². The van der Waals surface area contributed by atoms with Crippen LogP contribution in [-0.2, 0) is 13.6 Å². The Morgan fingerprint density at radius 1 is 1.45 bits per heavy atom. The Morgan fingerprint density at radius 3 is 3.15 bits per heavy atom. The fourth-order valence-electron chi connectivity index (χ4n) is 1.68. The zero-order chi connectivity index (χ0) is 13.9. The standard InChI is InChI=1S/C12H12N6OS/c1-17-5-4-13-11(12(17)19)14-7-9-8-18(16-15-9)10-3-2-6-20-10/h2-6,8H,7H2,1H3,(H,13,14). The molecule has 0 aliphatic rings. The van der Waals surface area contributed by atoms with Crippen LogP contribution in [-0.4, -0.2) is 24.5 Å². The predicted octanol–water partition coefficient (Wildman–Crippen LogP) is 1.03. The maximum absolute atomic E-state index is 11.8. The lowest BCUT2D eigenvalue weighted by atomic mass is 10.4. The summed E-state index contributed by atoms with van der Waals surface area (Å²) in [6.45, 7) is 0.400. The number of aromatic nitrogens is 5. The average molecular weight is 288 g/mol. The van der Waals surface area contributed by atoms with E-state index in [0.717, 1.165) is 10.7 Å². The number of anilines is 1. The average Bonchev–Trinajstić information content (AvgIpc) is 3.10. The highest BCUT2D eigenvalue weighted by molar-refractivity contribution is 7.12. The SMILES string of the molecule is Cn1ccnc(NCc2cn(-c3cccs3)nn2)c1=O. The lowest BCUT2D eigenvalue weighted by Crippen LogP contribution is -2.21. The summed E-state index contributed by atoms with van der Waals surface area (Å²) in [5, 5.41) is 14.1. The molecule has 0 aromatic carbocycles. The fraction of sp³-hybridized carbons (Fsp3) is 0.167. The lowest BCUT2D eigenvalue weighted by Gasteiger charge is -2.03. The molecule has 20 heavy (non-hydrogen) atoms. The van der Waals surface area contributed by atoms with Gasteiger partial charge in [0.15, 0.2) is 5.82 Å². The summed E-state index contributed by atoms with van der Waals surface area (Å²) < 4.78 is 3.18. The lowest BCUT2D eigenvalue weighted by molar-refractivity contribution is 0.807. The molecule has 0 atom stereocenters. The highest BCUT2D eigenvalue weighted by Crippen LogP contribution is 2.13. The van der Waals surface area contributed by atoms with E-state index in [-0.39, 0.29) is 5.56 Å². The molecular formula is C12H12N6OS. The van der Waals surface area contributed by atoms with E-state index in [1.54, 1.807) is 35.5 Å². The number of nitrogens with one attached hydrogen (secondary N) is 1. The van der Waals surface area contributed by atoms with Crippen LogP contribution in [0.3, 0.4) is 0 Å². The third-order valence-electron chi connectivity index (χ3n) is 2.73. The van der Waals surface area contributed by atoms with E-state index in [1.165, 1.54) is 4.57 Å². The molecule has 0 bridgehead atoms. The van der Waals surface area contributed by atoms with Crippen LogP contribution < -0.4 is 10.9 Å². The number of hydrogen-bond donors (Lipinski definition) is 1. The molecule has 3 aromatic heterocycles. The van der Waals surface area contributed by atoms with E-state index in [2.05, 4.69) is 20.6 Å². The molecule has 0 amide bonds. The number of hydrogen-bond acceptors (Lipinski definition) is 6. The summed E-state index contributed by atoms with van der Waals surface area (Å²) in [7, 11) is 1.68. The molecule has 102 valence electrons. The van der Waals surface area contributed by atoms with Crippen LogP contribution in [0.2, 0.25) is 0 Å². The predicted molar refractivity (Wildman–Crippen MR) is 76.0 cm³/mol. The molecule has 0 aliphatic carbocycles. The zero-order valence-corrected chi connectivity index (χ0v) is 11.5. The van der Waals surface area contributed by atoms with Crippen molar-refractivity contribution >= 4 is 17.2 Å². The monoisotopic (exact) mass is 288 g/mol. The molecule has 3 heterocycles. The van der Waals surface area contributed by atoms with Gasteiger partial charge in [0.05, 0.1) is 12.7 Å². The van der Waals surface area contributed by atoms with E-state index in [9.17, 15) is 4.79 Å². The van der Waals surface area contributed by atoms with E-state index in [0.29, 0.717) is 12.4 Å². The molecule has 3 aromatic rings. The molecule has 3 rings (SSSR count). The van der Waals surface area contributed by atoms with Gasteiger partial charge in [0.25, 0.3) is 5.56 Å². The molecule has 1 N–H and O–H groups in total. The third kappa shape index (κ3) is 2.45. The highest BCUT2D eigenvalue weighted by atomic mass is 32.1. The van der Waals surface area contributed by atoms with Crippen LogP contribution in [0, 0.1) is 0 Å². The molecule has 0 saturated carbocycles. The quantitative estimate of drug-likeness (QED) is 0.776. The molecule has 8 heteroatoms. The van der Waals surface area contributed by atoms with Crippen molar-refractivity contribution in [3.05, 3.63) is 52.2 Å². The maximum atomic E-state index is 11.8. The van der Waals surface area contributed by atoms with E-state index < -0.39 is 0 Å². The molecule has 0 radical (unpaired) electrons. The van der Waals surface area contributed by atoms with Crippen LogP contribution in [0.5, 0.6) is 0 Å². The zero-order valence-electron chi connectivity index (χ0n) is 10.7. The number of aryl methyl sites for hydroxylation is 1. The highest BCUT2D eigenvalue weighted by Gasteiger charge is 2.06. The van der Waals surface area contributed by atoms with E-state index >= 15 is 0 Å². The van der Waals surface area contributed by atoms with Crippen LogP contribution in [0.25, 0.3) is 5.00 Å². The molecule has 0 unspecified atom stereocenters. The van der Waals surface area contributed by atoms with Crippen molar-refractivity contribution in [2.75, 3.05) is 5.32 Å².